The number of nitrogens with zero attached hydrogens (tertiary/aromatic N) is 1. The number of unbranched alkanes of at least 4 members (excludes halogenated alkanes) is 2. The highest BCUT2D eigenvalue weighted by atomic mass is 16.2. The maximum absolute atomic E-state index is 11.9. The number of piperazine rings is 1. The van der Waals surface area contributed by atoms with Crippen LogP contribution >= 0.6 is 0 Å². The van der Waals surface area contributed by atoms with Gasteiger partial charge in [0.1, 0.15) is 0 Å². The second-order valence-electron chi connectivity index (χ2n) is 4.54. The summed E-state index contributed by atoms with van der Waals surface area (Å²) in [5.41, 5.74) is -0.597. The maximum Gasteiger partial charge on any atom is 0.248 e. The Hall–Kier alpha value is -0.900. The third kappa shape index (κ3) is 2.78. The minimum atomic E-state index is -0.597. The smallest absolute Gasteiger partial charge is 0.248 e. The van der Waals surface area contributed by atoms with Crippen molar-refractivity contribution in [2.75, 3.05) is 13.1 Å². The molecule has 4 nitrogen and oxygen atoms in total. The predicted octanol–water partition coefficient (Wildman–Crippen LogP) is 0.914. The summed E-state index contributed by atoms with van der Waals surface area (Å²) in [5, 5.41) is 2.94. The van der Waals surface area contributed by atoms with Crippen LogP contribution in [0.4, 0.5) is 0 Å². The molecule has 1 heterocycles. The van der Waals surface area contributed by atoms with Crippen LogP contribution in [0.3, 0.4) is 0 Å². The van der Waals surface area contributed by atoms with Crippen LogP contribution in [0.2, 0.25) is 0 Å². The molecule has 86 valence electrons. The molecule has 4 heteroatoms. The second kappa shape index (κ2) is 4.75. The maximum atomic E-state index is 11.9. The van der Waals surface area contributed by atoms with Crippen LogP contribution in [0, 0.1) is 0 Å². The van der Waals surface area contributed by atoms with Gasteiger partial charge in [0.05, 0.1) is 12.1 Å². The van der Waals surface area contributed by atoms with E-state index < -0.39 is 5.54 Å². The van der Waals surface area contributed by atoms with Crippen molar-refractivity contribution in [3.8, 4) is 0 Å². The molecule has 0 saturated carbocycles. The summed E-state index contributed by atoms with van der Waals surface area (Å²) in [5.74, 6) is -0.203. The van der Waals surface area contributed by atoms with E-state index in [0.717, 1.165) is 19.3 Å². The Balaban J connectivity index is 2.59. The molecule has 15 heavy (non-hydrogen) atoms. The van der Waals surface area contributed by atoms with E-state index in [1.54, 1.807) is 0 Å². The van der Waals surface area contributed by atoms with Crippen molar-refractivity contribution in [3.05, 3.63) is 0 Å². The number of imide groups is 1. The lowest BCUT2D eigenvalue weighted by atomic mass is 10.0. The molecule has 0 bridgehead atoms. The zero-order chi connectivity index (χ0) is 11.5. The summed E-state index contributed by atoms with van der Waals surface area (Å²) in [7, 11) is 0. The van der Waals surface area contributed by atoms with Crippen LogP contribution in [-0.2, 0) is 9.59 Å². The first-order chi connectivity index (χ1) is 6.99. The number of rotatable bonds is 4. The first-order valence-electron chi connectivity index (χ1n) is 5.59. The highest BCUT2D eigenvalue weighted by molar-refractivity contribution is 6.02. The van der Waals surface area contributed by atoms with Crippen molar-refractivity contribution in [3.63, 3.8) is 0 Å². The molecular formula is C11H20N2O2. The van der Waals surface area contributed by atoms with Crippen molar-refractivity contribution in [1.82, 2.24) is 10.2 Å². The first-order valence-corrected chi connectivity index (χ1v) is 5.59. The number of carbonyl (C=O) groups is 2. The molecule has 2 amide bonds. The molecule has 0 atom stereocenters. The zero-order valence-electron chi connectivity index (χ0n) is 9.80. The van der Waals surface area contributed by atoms with Gasteiger partial charge in [-0.25, -0.2) is 0 Å². The van der Waals surface area contributed by atoms with Crippen LogP contribution in [-0.4, -0.2) is 35.3 Å². The standard InChI is InChI=1S/C11H20N2O2/c1-4-5-6-7-13-9(14)8-12-11(2,3)10(13)15/h12H,4-8H2,1-3H3. The molecule has 0 radical (unpaired) electrons. The molecule has 1 aliphatic rings. The lowest BCUT2D eigenvalue weighted by Gasteiger charge is -2.36. The largest absolute Gasteiger partial charge is 0.295 e. The summed E-state index contributed by atoms with van der Waals surface area (Å²) >= 11 is 0. The van der Waals surface area contributed by atoms with Gasteiger partial charge in [-0.1, -0.05) is 19.8 Å². The average molecular weight is 212 g/mol. The van der Waals surface area contributed by atoms with Crippen molar-refractivity contribution in [2.24, 2.45) is 0 Å². The summed E-state index contributed by atoms with van der Waals surface area (Å²) in [4.78, 5) is 24.8. The SMILES string of the molecule is CCCCCN1C(=O)CNC(C)(C)C1=O. The monoisotopic (exact) mass is 212 g/mol. The fourth-order valence-corrected chi connectivity index (χ4v) is 1.66. The average Bonchev–Trinajstić information content (AvgIpc) is 2.18. The number of hydrogen-bond donors (Lipinski definition) is 1. The van der Waals surface area contributed by atoms with E-state index in [1.807, 2.05) is 13.8 Å². The summed E-state index contributed by atoms with van der Waals surface area (Å²) in [6.45, 7) is 6.57. The van der Waals surface area contributed by atoms with Crippen molar-refractivity contribution in [1.29, 1.82) is 0 Å². The summed E-state index contributed by atoms with van der Waals surface area (Å²) in [6, 6.07) is 0. The third-order valence-electron chi connectivity index (χ3n) is 2.75. The molecule has 0 aromatic heterocycles. The third-order valence-corrected chi connectivity index (χ3v) is 2.75. The van der Waals surface area contributed by atoms with Gasteiger partial charge in [0.15, 0.2) is 0 Å². The fraction of sp³-hybridized carbons (Fsp3) is 0.818. The lowest BCUT2D eigenvalue weighted by Crippen LogP contribution is -2.63. The van der Waals surface area contributed by atoms with Gasteiger partial charge >= 0.3 is 0 Å². The molecule has 1 N–H and O–H groups in total. The van der Waals surface area contributed by atoms with Gasteiger partial charge in [-0.15, -0.1) is 0 Å². The van der Waals surface area contributed by atoms with E-state index in [1.165, 1.54) is 4.90 Å². The van der Waals surface area contributed by atoms with E-state index in [2.05, 4.69) is 12.2 Å². The highest BCUT2D eigenvalue weighted by Gasteiger charge is 2.39. The molecule has 1 rings (SSSR count). The van der Waals surface area contributed by atoms with Gasteiger partial charge in [0.2, 0.25) is 11.8 Å². The van der Waals surface area contributed by atoms with E-state index in [9.17, 15) is 9.59 Å². The lowest BCUT2D eigenvalue weighted by molar-refractivity contribution is -0.152. The highest BCUT2D eigenvalue weighted by Crippen LogP contribution is 2.14. The quantitative estimate of drug-likeness (QED) is 0.556. The Morgan fingerprint density at radius 2 is 2.00 bits per heavy atom. The summed E-state index contributed by atoms with van der Waals surface area (Å²) < 4.78 is 0. The van der Waals surface area contributed by atoms with Gasteiger partial charge in [0, 0.05) is 6.54 Å². The molecule has 0 aliphatic carbocycles. The van der Waals surface area contributed by atoms with Crippen LogP contribution in [0.15, 0.2) is 0 Å². The predicted molar refractivity (Wildman–Crippen MR) is 58.3 cm³/mol. The number of carbonyl (C=O) groups excluding carboxylic acids is 2. The fourth-order valence-electron chi connectivity index (χ4n) is 1.66. The molecule has 1 aliphatic heterocycles. The van der Waals surface area contributed by atoms with Crippen LogP contribution in [0.5, 0.6) is 0 Å². The Bertz CT molecular complexity index is 261. The number of nitrogens with one attached hydrogen (secondary N) is 1. The first kappa shape index (κ1) is 12.2. The van der Waals surface area contributed by atoms with E-state index in [0.29, 0.717) is 6.54 Å². The molecule has 0 aromatic carbocycles. The molecule has 1 fully saturated rings. The second-order valence-corrected chi connectivity index (χ2v) is 4.54. The molecular weight excluding hydrogens is 192 g/mol. The van der Waals surface area contributed by atoms with Crippen molar-refractivity contribution < 1.29 is 9.59 Å². The van der Waals surface area contributed by atoms with Gasteiger partial charge in [-0.05, 0) is 20.3 Å². The Morgan fingerprint density at radius 1 is 1.33 bits per heavy atom. The van der Waals surface area contributed by atoms with Crippen molar-refractivity contribution >= 4 is 11.8 Å². The minimum absolute atomic E-state index is 0.101. The van der Waals surface area contributed by atoms with Gasteiger partial charge in [-0.2, -0.15) is 0 Å². The van der Waals surface area contributed by atoms with Crippen LogP contribution in [0.25, 0.3) is 0 Å². The topological polar surface area (TPSA) is 49.4 Å². The Kier molecular flexibility index (Phi) is 3.85. The van der Waals surface area contributed by atoms with E-state index in [-0.39, 0.29) is 18.4 Å². The molecule has 0 spiro atoms. The van der Waals surface area contributed by atoms with Crippen molar-refractivity contribution in [2.45, 2.75) is 45.6 Å². The molecule has 0 aromatic rings. The Morgan fingerprint density at radius 3 is 2.60 bits per heavy atom. The van der Waals surface area contributed by atoms with Gasteiger partial charge in [0.25, 0.3) is 0 Å². The Labute approximate surface area is 91.0 Å². The zero-order valence-corrected chi connectivity index (χ0v) is 9.80. The van der Waals surface area contributed by atoms with E-state index >= 15 is 0 Å². The van der Waals surface area contributed by atoms with Crippen LogP contribution in [0.1, 0.15) is 40.0 Å². The molecule has 1 saturated heterocycles. The summed E-state index contributed by atoms with van der Waals surface area (Å²) in [6.07, 6.45) is 3.06. The van der Waals surface area contributed by atoms with Gasteiger partial charge in [-0.3, -0.25) is 19.8 Å². The van der Waals surface area contributed by atoms with E-state index in [4.69, 9.17) is 0 Å². The number of amides is 2. The molecule has 0 unspecified atom stereocenters. The number of hydrogen-bond acceptors (Lipinski definition) is 3. The van der Waals surface area contributed by atoms with Crippen LogP contribution < -0.4 is 5.32 Å². The van der Waals surface area contributed by atoms with Gasteiger partial charge < -0.3 is 0 Å². The minimum Gasteiger partial charge on any atom is -0.295 e. The normalized spacial score (nSPS) is 20.9.